The number of halogens is 1. The molecule has 1 N–H and O–H groups in total. The van der Waals surface area contributed by atoms with Gasteiger partial charge in [-0.15, -0.1) is 0 Å². The van der Waals surface area contributed by atoms with E-state index in [9.17, 15) is 9.59 Å². The van der Waals surface area contributed by atoms with Crippen LogP contribution in [-0.4, -0.2) is 71.0 Å². The Hall–Kier alpha value is -4.11. The van der Waals surface area contributed by atoms with E-state index in [2.05, 4.69) is 39.3 Å². The number of pyridine rings is 1. The van der Waals surface area contributed by atoms with Gasteiger partial charge in [0.2, 0.25) is 0 Å². The van der Waals surface area contributed by atoms with E-state index in [-0.39, 0.29) is 17.4 Å². The van der Waals surface area contributed by atoms with Crippen molar-refractivity contribution in [3.63, 3.8) is 0 Å². The van der Waals surface area contributed by atoms with Crippen LogP contribution in [0.15, 0.2) is 53.1 Å². The first kappa shape index (κ1) is 27.9. The third-order valence-electron chi connectivity index (χ3n) is 6.90. The smallest absolute Gasteiger partial charge is 0.354 e. The Bertz CT molecular complexity index is 1500. The highest BCUT2D eigenvalue weighted by Crippen LogP contribution is 2.29. The van der Waals surface area contributed by atoms with E-state index in [1.807, 2.05) is 19.9 Å². The van der Waals surface area contributed by atoms with Crippen molar-refractivity contribution in [2.75, 3.05) is 46.1 Å². The summed E-state index contributed by atoms with van der Waals surface area (Å²) in [5.41, 5.74) is 5.85. The SMILES string of the molecule is CNc1ccn(-c2ccnc(C)c2/C=C(\C)CN2CC=C(c3c(C)cc(C(=O)N(C)C)cc3F)CC2)c(=O)n1. The van der Waals surface area contributed by atoms with E-state index in [4.69, 9.17) is 0 Å². The highest BCUT2D eigenvalue weighted by molar-refractivity contribution is 5.94. The standard InChI is InChI=1S/C30H35FN6O2/c1-19(15-24-21(3)33-11-7-26(24)37-14-10-27(32-4)34-30(37)39)18-36-12-8-22(9-13-36)28-20(2)16-23(17-25(28)31)29(38)35(5)6/h7-8,10-11,14-17H,9,12-13,18H2,1-6H3,(H,32,34,39)/b19-15+. The van der Waals surface area contributed by atoms with Crippen molar-refractivity contribution in [1.29, 1.82) is 0 Å². The molecule has 0 saturated carbocycles. The van der Waals surface area contributed by atoms with Crippen LogP contribution in [0.4, 0.5) is 10.2 Å². The third-order valence-corrected chi connectivity index (χ3v) is 6.90. The third kappa shape index (κ3) is 6.15. The summed E-state index contributed by atoms with van der Waals surface area (Å²) in [5.74, 6) is -0.0540. The number of amides is 1. The average molecular weight is 531 g/mol. The minimum Gasteiger partial charge on any atom is -0.373 e. The number of carbonyl (C=O) groups excluding carboxylic acids is 1. The van der Waals surface area contributed by atoms with E-state index in [0.717, 1.165) is 46.7 Å². The van der Waals surface area contributed by atoms with E-state index in [1.54, 1.807) is 45.7 Å². The lowest BCUT2D eigenvalue weighted by Gasteiger charge is -2.27. The number of aryl methyl sites for hydroxylation is 2. The fourth-order valence-corrected chi connectivity index (χ4v) is 4.94. The quantitative estimate of drug-likeness (QED) is 0.490. The molecule has 3 heterocycles. The molecule has 1 aliphatic heterocycles. The second-order valence-electron chi connectivity index (χ2n) is 10.1. The monoisotopic (exact) mass is 530 g/mol. The number of hydrogen-bond donors (Lipinski definition) is 1. The van der Waals surface area contributed by atoms with Crippen LogP contribution in [0.1, 0.15) is 46.1 Å². The molecule has 0 aliphatic carbocycles. The number of nitrogens with zero attached hydrogens (tertiary/aromatic N) is 5. The zero-order valence-corrected chi connectivity index (χ0v) is 23.4. The highest BCUT2D eigenvalue weighted by atomic mass is 19.1. The molecule has 0 spiro atoms. The van der Waals surface area contributed by atoms with Crippen LogP contribution in [0.5, 0.6) is 0 Å². The largest absolute Gasteiger partial charge is 0.373 e. The molecular formula is C30H35FN6O2. The van der Waals surface area contributed by atoms with Crippen LogP contribution < -0.4 is 11.0 Å². The maximum atomic E-state index is 15.1. The molecular weight excluding hydrogens is 495 g/mol. The predicted molar refractivity (Wildman–Crippen MR) is 154 cm³/mol. The van der Waals surface area contributed by atoms with E-state index in [1.165, 1.54) is 15.5 Å². The van der Waals surface area contributed by atoms with Crippen molar-refractivity contribution in [2.24, 2.45) is 0 Å². The van der Waals surface area contributed by atoms with Gasteiger partial charge in [-0.05, 0) is 62.6 Å². The van der Waals surface area contributed by atoms with Crippen LogP contribution in [0.25, 0.3) is 17.3 Å². The Labute approximate surface area is 228 Å². The molecule has 1 aliphatic rings. The Morgan fingerprint density at radius 3 is 2.62 bits per heavy atom. The van der Waals surface area contributed by atoms with Crippen LogP contribution in [-0.2, 0) is 0 Å². The van der Waals surface area contributed by atoms with E-state index >= 15 is 4.39 Å². The van der Waals surface area contributed by atoms with Crippen molar-refractivity contribution in [1.82, 2.24) is 24.3 Å². The maximum absolute atomic E-state index is 15.1. The first-order valence-corrected chi connectivity index (χ1v) is 12.9. The summed E-state index contributed by atoms with van der Waals surface area (Å²) in [6.45, 7) is 8.03. The highest BCUT2D eigenvalue weighted by Gasteiger charge is 2.20. The molecule has 0 radical (unpaired) electrons. The molecule has 8 nitrogen and oxygen atoms in total. The number of benzene rings is 1. The maximum Gasteiger partial charge on any atom is 0.354 e. The van der Waals surface area contributed by atoms with Gasteiger partial charge in [-0.3, -0.25) is 19.2 Å². The Morgan fingerprint density at radius 2 is 2.00 bits per heavy atom. The van der Waals surface area contributed by atoms with Crippen molar-refractivity contribution >= 4 is 23.4 Å². The molecule has 2 aromatic heterocycles. The summed E-state index contributed by atoms with van der Waals surface area (Å²) in [6, 6.07) is 6.68. The Kier molecular flexibility index (Phi) is 8.40. The van der Waals surface area contributed by atoms with Crippen LogP contribution >= 0.6 is 0 Å². The normalized spacial score (nSPS) is 14.2. The fourth-order valence-electron chi connectivity index (χ4n) is 4.94. The zero-order chi connectivity index (χ0) is 28.3. The molecule has 3 aromatic rings. The Balaban J connectivity index is 1.53. The molecule has 1 amide bonds. The summed E-state index contributed by atoms with van der Waals surface area (Å²) in [7, 11) is 5.04. The zero-order valence-electron chi connectivity index (χ0n) is 23.4. The summed E-state index contributed by atoms with van der Waals surface area (Å²) in [6.07, 6.45) is 8.26. The molecule has 1 aromatic carbocycles. The van der Waals surface area contributed by atoms with Crippen LogP contribution in [0.2, 0.25) is 0 Å². The van der Waals surface area contributed by atoms with Gasteiger partial charge in [0.15, 0.2) is 0 Å². The van der Waals surface area contributed by atoms with Gasteiger partial charge in [0, 0.05) is 75.6 Å². The average Bonchev–Trinajstić information content (AvgIpc) is 2.90. The molecule has 0 fully saturated rings. The van der Waals surface area contributed by atoms with Crippen LogP contribution in [0, 0.1) is 19.7 Å². The lowest BCUT2D eigenvalue weighted by Crippen LogP contribution is -2.30. The van der Waals surface area contributed by atoms with Gasteiger partial charge in [-0.25, -0.2) is 9.18 Å². The molecule has 9 heteroatoms. The summed E-state index contributed by atoms with van der Waals surface area (Å²) >= 11 is 0. The summed E-state index contributed by atoms with van der Waals surface area (Å²) < 4.78 is 16.6. The van der Waals surface area contributed by atoms with E-state index in [0.29, 0.717) is 29.9 Å². The number of nitrogens with one attached hydrogen (secondary N) is 1. The van der Waals surface area contributed by atoms with Gasteiger partial charge in [0.1, 0.15) is 11.6 Å². The second-order valence-corrected chi connectivity index (χ2v) is 10.1. The second kappa shape index (κ2) is 11.7. The van der Waals surface area contributed by atoms with Gasteiger partial charge < -0.3 is 10.2 Å². The number of aromatic nitrogens is 3. The molecule has 0 bridgehead atoms. The minimum absolute atomic E-state index is 0.210. The molecule has 0 saturated heterocycles. The topological polar surface area (TPSA) is 83.4 Å². The molecule has 0 atom stereocenters. The van der Waals surface area contributed by atoms with Crippen molar-refractivity contribution in [3.8, 4) is 5.69 Å². The van der Waals surface area contributed by atoms with E-state index < -0.39 is 0 Å². The lowest BCUT2D eigenvalue weighted by atomic mass is 9.93. The first-order valence-electron chi connectivity index (χ1n) is 12.9. The molecule has 204 valence electrons. The van der Waals surface area contributed by atoms with Gasteiger partial charge >= 0.3 is 5.69 Å². The van der Waals surface area contributed by atoms with Gasteiger partial charge in [-0.1, -0.05) is 17.7 Å². The van der Waals surface area contributed by atoms with Crippen LogP contribution in [0.3, 0.4) is 0 Å². The number of hydrogen-bond acceptors (Lipinski definition) is 6. The number of anilines is 1. The predicted octanol–water partition coefficient (Wildman–Crippen LogP) is 4.32. The van der Waals surface area contributed by atoms with Gasteiger partial charge in [0.25, 0.3) is 5.91 Å². The Morgan fingerprint density at radius 1 is 1.23 bits per heavy atom. The van der Waals surface area contributed by atoms with Crippen molar-refractivity contribution in [3.05, 3.63) is 92.6 Å². The number of carbonyl (C=O) groups is 1. The number of rotatable bonds is 7. The minimum atomic E-state index is -0.366. The molecule has 39 heavy (non-hydrogen) atoms. The van der Waals surface area contributed by atoms with Gasteiger partial charge in [-0.2, -0.15) is 4.98 Å². The summed E-state index contributed by atoms with van der Waals surface area (Å²) in [5, 5.41) is 2.89. The molecule has 0 unspecified atom stereocenters. The van der Waals surface area contributed by atoms with Crippen molar-refractivity contribution in [2.45, 2.75) is 27.2 Å². The van der Waals surface area contributed by atoms with Crippen molar-refractivity contribution < 1.29 is 9.18 Å². The summed E-state index contributed by atoms with van der Waals surface area (Å²) in [4.78, 5) is 37.2. The lowest BCUT2D eigenvalue weighted by molar-refractivity contribution is 0.0827. The first-order chi connectivity index (χ1) is 18.6. The van der Waals surface area contributed by atoms with Gasteiger partial charge in [0.05, 0.1) is 5.69 Å². The fraction of sp³-hybridized carbons (Fsp3) is 0.333. The molecule has 4 rings (SSSR count).